The highest BCUT2D eigenvalue weighted by molar-refractivity contribution is 8.00. The largest absolute Gasteiger partial charge is 0.459 e. The van der Waals surface area contributed by atoms with Gasteiger partial charge in [0.25, 0.3) is 0 Å². The van der Waals surface area contributed by atoms with Gasteiger partial charge in [-0.15, -0.1) is 11.8 Å². The van der Waals surface area contributed by atoms with Gasteiger partial charge in [0.1, 0.15) is 0 Å². The lowest BCUT2D eigenvalue weighted by Crippen LogP contribution is -2.42. The minimum atomic E-state index is -0.482. The first-order chi connectivity index (χ1) is 10.1. The highest BCUT2D eigenvalue weighted by Gasteiger charge is 2.10. The smallest absolute Gasteiger partial charge is 0.305 e. The summed E-state index contributed by atoms with van der Waals surface area (Å²) in [6.07, 6.45) is 1.40. The van der Waals surface area contributed by atoms with Crippen LogP contribution in [0, 0.1) is 13.8 Å². The first-order valence-corrected chi connectivity index (χ1v) is 7.37. The summed E-state index contributed by atoms with van der Waals surface area (Å²) in [7, 11) is 0. The van der Waals surface area contributed by atoms with E-state index in [1.54, 1.807) is 6.07 Å². The molecule has 2 amide bonds. The van der Waals surface area contributed by atoms with Crippen LogP contribution in [0.5, 0.6) is 0 Å². The number of hydrazine groups is 1. The molecule has 0 bridgehead atoms. The number of rotatable bonds is 4. The molecule has 1 aromatic carbocycles. The molecule has 0 spiro atoms. The Morgan fingerprint density at radius 1 is 1.19 bits per heavy atom. The summed E-state index contributed by atoms with van der Waals surface area (Å²) in [5.41, 5.74) is 6.97. The fraction of sp³-hybridized carbons (Fsp3) is 0.200. The van der Waals surface area contributed by atoms with Gasteiger partial charge < -0.3 is 4.42 Å². The van der Waals surface area contributed by atoms with Gasteiger partial charge in [-0.3, -0.25) is 20.4 Å². The summed E-state index contributed by atoms with van der Waals surface area (Å²) in [6, 6.07) is 9.19. The van der Waals surface area contributed by atoms with Gasteiger partial charge in [0.15, 0.2) is 5.76 Å². The van der Waals surface area contributed by atoms with E-state index in [9.17, 15) is 9.59 Å². The molecule has 2 N–H and O–H groups in total. The minimum absolute atomic E-state index is 0.150. The van der Waals surface area contributed by atoms with Crippen LogP contribution in [-0.2, 0) is 4.79 Å². The molecular weight excluding hydrogens is 288 g/mol. The van der Waals surface area contributed by atoms with Gasteiger partial charge in [-0.2, -0.15) is 0 Å². The zero-order valence-corrected chi connectivity index (χ0v) is 12.6. The predicted octanol–water partition coefficient (Wildman–Crippen LogP) is 2.45. The number of carbonyl (C=O) groups excluding carboxylic acids is 2. The fourth-order valence-corrected chi connectivity index (χ4v) is 2.55. The van der Waals surface area contributed by atoms with E-state index in [4.69, 9.17) is 4.42 Å². The zero-order valence-electron chi connectivity index (χ0n) is 11.8. The van der Waals surface area contributed by atoms with Crippen molar-refractivity contribution >= 4 is 23.6 Å². The highest BCUT2D eigenvalue weighted by atomic mass is 32.2. The zero-order chi connectivity index (χ0) is 15.2. The quantitative estimate of drug-likeness (QED) is 0.672. The van der Waals surface area contributed by atoms with E-state index < -0.39 is 5.91 Å². The van der Waals surface area contributed by atoms with Crippen molar-refractivity contribution in [2.45, 2.75) is 18.7 Å². The van der Waals surface area contributed by atoms with Gasteiger partial charge in [-0.05, 0) is 37.6 Å². The molecule has 0 aliphatic rings. The van der Waals surface area contributed by atoms with Crippen molar-refractivity contribution in [1.82, 2.24) is 10.9 Å². The molecule has 0 unspecified atom stereocenters. The van der Waals surface area contributed by atoms with E-state index in [2.05, 4.69) is 16.9 Å². The van der Waals surface area contributed by atoms with Crippen LogP contribution in [0.1, 0.15) is 21.7 Å². The molecule has 0 atom stereocenters. The normalized spacial score (nSPS) is 10.2. The maximum Gasteiger partial charge on any atom is 0.305 e. The first kappa shape index (κ1) is 15.2. The maximum absolute atomic E-state index is 11.7. The van der Waals surface area contributed by atoms with E-state index in [1.165, 1.54) is 29.7 Å². The number of aryl methyl sites for hydroxylation is 2. The molecule has 0 saturated heterocycles. The van der Waals surface area contributed by atoms with Crippen LogP contribution in [0.2, 0.25) is 0 Å². The molecule has 6 heteroatoms. The molecule has 110 valence electrons. The summed E-state index contributed by atoms with van der Waals surface area (Å²) < 4.78 is 4.92. The van der Waals surface area contributed by atoms with Gasteiger partial charge in [0, 0.05) is 4.90 Å². The van der Waals surface area contributed by atoms with Crippen LogP contribution in [0.15, 0.2) is 45.9 Å². The number of amides is 2. The van der Waals surface area contributed by atoms with E-state index in [0.717, 1.165) is 10.5 Å². The van der Waals surface area contributed by atoms with Crippen molar-refractivity contribution in [2.24, 2.45) is 0 Å². The second kappa shape index (κ2) is 6.99. The topological polar surface area (TPSA) is 71.3 Å². The Morgan fingerprint density at radius 3 is 2.67 bits per heavy atom. The molecule has 21 heavy (non-hydrogen) atoms. The van der Waals surface area contributed by atoms with Crippen molar-refractivity contribution in [3.05, 3.63) is 53.5 Å². The van der Waals surface area contributed by atoms with Crippen LogP contribution >= 0.6 is 11.8 Å². The second-order valence-corrected chi connectivity index (χ2v) is 5.55. The van der Waals surface area contributed by atoms with Crippen molar-refractivity contribution in [3.63, 3.8) is 0 Å². The number of carbonyl (C=O) groups is 2. The Hall–Kier alpha value is -2.21. The summed E-state index contributed by atoms with van der Waals surface area (Å²) in [5.74, 6) is -0.385. The Balaban J connectivity index is 1.78. The van der Waals surface area contributed by atoms with Crippen LogP contribution in [0.4, 0.5) is 0 Å². The number of furan rings is 1. The summed E-state index contributed by atoms with van der Waals surface area (Å²) in [4.78, 5) is 24.3. The molecule has 0 aliphatic carbocycles. The SMILES string of the molecule is Cc1ccc(SCC(=O)NNC(=O)c2ccco2)c(C)c1. The van der Waals surface area contributed by atoms with E-state index >= 15 is 0 Å². The standard InChI is InChI=1S/C15H16N2O3S/c1-10-5-6-13(11(2)8-10)21-9-14(18)16-17-15(19)12-4-3-7-20-12/h3-8H,9H2,1-2H3,(H,16,18)(H,17,19). The van der Waals surface area contributed by atoms with E-state index in [1.807, 2.05) is 26.0 Å². The van der Waals surface area contributed by atoms with E-state index in [0.29, 0.717) is 0 Å². The number of benzene rings is 1. The van der Waals surface area contributed by atoms with Gasteiger partial charge in [0.05, 0.1) is 12.0 Å². The Kier molecular flexibility index (Phi) is 5.05. The summed E-state index contributed by atoms with van der Waals surface area (Å²) >= 11 is 1.43. The fourth-order valence-electron chi connectivity index (χ4n) is 1.74. The number of nitrogens with one attached hydrogen (secondary N) is 2. The van der Waals surface area contributed by atoms with Crippen LogP contribution in [0.25, 0.3) is 0 Å². The lowest BCUT2D eigenvalue weighted by molar-refractivity contribution is -0.119. The molecule has 2 aromatic rings. The predicted molar refractivity (Wildman–Crippen MR) is 81.0 cm³/mol. The van der Waals surface area contributed by atoms with Gasteiger partial charge in [0.2, 0.25) is 5.91 Å². The molecule has 0 fully saturated rings. The molecule has 0 aliphatic heterocycles. The second-order valence-electron chi connectivity index (χ2n) is 4.54. The monoisotopic (exact) mass is 304 g/mol. The van der Waals surface area contributed by atoms with Crippen molar-refractivity contribution < 1.29 is 14.0 Å². The van der Waals surface area contributed by atoms with Crippen molar-refractivity contribution in [2.75, 3.05) is 5.75 Å². The third-order valence-electron chi connectivity index (χ3n) is 2.75. The molecule has 5 nitrogen and oxygen atoms in total. The van der Waals surface area contributed by atoms with Gasteiger partial charge >= 0.3 is 5.91 Å². The van der Waals surface area contributed by atoms with Crippen molar-refractivity contribution in [1.29, 1.82) is 0 Å². The van der Waals surface area contributed by atoms with Crippen LogP contribution < -0.4 is 10.9 Å². The first-order valence-electron chi connectivity index (χ1n) is 6.39. The lowest BCUT2D eigenvalue weighted by atomic mass is 10.2. The highest BCUT2D eigenvalue weighted by Crippen LogP contribution is 2.22. The van der Waals surface area contributed by atoms with Gasteiger partial charge in [-0.25, -0.2) is 0 Å². The third-order valence-corrected chi connectivity index (χ3v) is 3.93. The van der Waals surface area contributed by atoms with Crippen LogP contribution in [0.3, 0.4) is 0 Å². The molecule has 2 rings (SSSR count). The molecule has 0 radical (unpaired) electrons. The minimum Gasteiger partial charge on any atom is -0.459 e. The Morgan fingerprint density at radius 2 is 2.00 bits per heavy atom. The summed E-state index contributed by atoms with van der Waals surface area (Å²) in [6.45, 7) is 4.03. The van der Waals surface area contributed by atoms with Gasteiger partial charge in [-0.1, -0.05) is 17.7 Å². The molecule has 0 saturated carbocycles. The third kappa shape index (κ3) is 4.39. The lowest BCUT2D eigenvalue weighted by Gasteiger charge is -2.08. The summed E-state index contributed by atoms with van der Waals surface area (Å²) in [5, 5.41) is 0. The molecule has 1 heterocycles. The van der Waals surface area contributed by atoms with E-state index in [-0.39, 0.29) is 17.4 Å². The average molecular weight is 304 g/mol. The molecule has 1 aromatic heterocycles. The maximum atomic E-state index is 11.7. The Bertz CT molecular complexity index is 638. The average Bonchev–Trinajstić information content (AvgIpc) is 2.98. The van der Waals surface area contributed by atoms with Crippen molar-refractivity contribution in [3.8, 4) is 0 Å². The number of hydrogen-bond donors (Lipinski definition) is 2. The Labute approximate surface area is 127 Å². The molecular formula is C15H16N2O3S. The number of thioether (sulfide) groups is 1. The number of hydrogen-bond acceptors (Lipinski definition) is 4. The van der Waals surface area contributed by atoms with Crippen LogP contribution in [-0.4, -0.2) is 17.6 Å².